The third-order valence-electron chi connectivity index (χ3n) is 1.65. The summed E-state index contributed by atoms with van der Waals surface area (Å²) in [5.74, 6) is 0. The topological polar surface area (TPSA) is 24.9 Å². The molecule has 1 aromatic heterocycles. The molecule has 0 aliphatic rings. The van der Waals surface area contributed by atoms with Gasteiger partial charge in [-0.2, -0.15) is 0 Å². The monoisotopic (exact) mass is 182 g/mol. The fraction of sp³-hybridized carbons (Fsp3) is 0.444. The molecule has 1 N–H and O–H groups in total. The van der Waals surface area contributed by atoms with Crippen molar-refractivity contribution >= 4 is 16.5 Å². The molecule has 0 spiro atoms. The van der Waals surface area contributed by atoms with Gasteiger partial charge in [0.15, 0.2) is 5.13 Å². The molecule has 0 unspecified atom stereocenters. The van der Waals surface area contributed by atoms with Crippen molar-refractivity contribution in [1.29, 1.82) is 0 Å². The maximum absolute atomic E-state index is 4.36. The van der Waals surface area contributed by atoms with Crippen LogP contribution in [0.15, 0.2) is 12.7 Å². The zero-order valence-electron chi connectivity index (χ0n) is 7.55. The van der Waals surface area contributed by atoms with Gasteiger partial charge in [0.25, 0.3) is 0 Å². The molecule has 1 rings (SSSR count). The molecule has 0 saturated heterocycles. The van der Waals surface area contributed by atoms with E-state index in [1.165, 1.54) is 4.88 Å². The number of hydrogen-bond donors (Lipinski definition) is 1. The fourth-order valence-electron chi connectivity index (χ4n) is 0.830. The summed E-state index contributed by atoms with van der Waals surface area (Å²) in [5.41, 5.74) is 1.13. The lowest BCUT2D eigenvalue weighted by Crippen LogP contribution is -1.98. The van der Waals surface area contributed by atoms with Crippen molar-refractivity contribution in [2.24, 2.45) is 0 Å². The Balaban J connectivity index is 2.47. The smallest absolute Gasteiger partial charge is 0.183 e. The number of aryl methyl sites for hydroxylation is 2. The first-order valence-electron chi connectivity index (χ1n) is 4.03. The highest BCUT2D eigenvalue weighted by Crippen LogP contribution is 2.20. The van der Waals surface area contributed by atoms with Gasteiger partial charge >= 0.3 is 0 Å². The van der Waals surface area contributed by atoms with Crippen LogP contribution in [0.5, 0.6) is 0 Å². The van der Waals surface area contributed by atoms with Crippen LogP contribution in [0.1, 0.15) is 17.0 Å². The Hall–Kier alpha value is -0.830. The van der Waals surface area contributed by atoms with Crippen LogP contribution in [0.25, 0.3) is 0 Å². The van der Waals surface area contributed by atoms with Gasteiger partial charge in [-0.25, -0.2) is 4.98 Å². The van der Waals surface area contributed by atoms with Crippen molar-refractivity contribution in [3.8, 4) is 0 Å². The van der Waals surface area contributed by atoms with Gasteiger partial charge in [-0.05, 0) is 20.3 Å². The molecule has 0 saturated carbocycles. The van der Waals surface area contributed by atoms with Crippen LogP contribution in [0.2, 0.25) is 0 Å². The molecule has 12 heavy (non-hydrogen) atoms. The highest BCUT2D eigenvalue weighted by atomic mass is 32.1. The Labute approximate surface area is 77.3 Å². The van der Waals surface area contributed by atoms with Crippen molar-refractivity contribution in [3.05, 3.63) is 23.2 Å². The Morgan fingerprint density at radius 2 is 2.33 bits per heavy atom. The molecule has 2 nitrogen and oxygen atoms in total. The van der Waals surface area contributed by atoms with Gasteiger partial charge < -0.3 is 5.32 Å². The summed E-state index contributed by atoms with van der Waals surface area (Å²) in [6, 6.07) is 0. The maximum Gasteiger partial charge on any atom is 0.183 e. The molecule has 0 radical (unpaired) electrons. The summed E-state index contributed by atoms with van der Waals surface area (Å²) in [6.45, 7) is 8.71. The second-order valence-electron chi connectivity index (χ2n) is 2.66. The minimum absolute atomic E-state index is 0.926. The van der Waals surface area contributed by atoms with Crippen LogP contribution < -0.4 is 5.32 Å². The summed E-state index contributed by atoms with van der Waals surface area (Å²) in [6.07, 6.45) is 2.89. The lowest BCUT2D eigenvalue weighted by atomic mass is 10.4. The third kappa shape index (κ3) is 2.34. The van der Waals surface area contributed by atoms with E-state index in [0.717, 1.165) is 23.8 Å². The maximum atomic E-state index is 4.36. The van der Waals surface area contributed by atoms with E-state index < -0.39 is 0 Å². The van der Waals surface area contributed by atoms with Crippen molar-refractivity contribution in [3.63, 3.8) is 0 Å². The summed E-state index contributed by atoms with van der Waals surface area (Å²) >= 11 is 1.71. The molecular weight excluding hydrogens is 168 g/mol. The van der Waals surface area contributed by atoms with Crippen molar-refractivity contribution < 1.29 is 0 Å². The molecule has 0 aromatic carbocycles. The van der Waals surface area contributed by atoms with E-state index in [0.29, 0.717) is 0 Å². The van der Waals surface area contributed by atoms with E-state index >= 15 is 0 Å². The van der Waals surface area contributed by atoms with Gasteiger partial charge in [0, 0.05) is 11.4 Å². The number of rotatable bonds is 4. The first-order chi connectivity index (χ1) is 5.74. The van der Waals surface area contributed by atoms with Crippen molar-refractivity contribution in [1.82, 2.24) is 4.98 Å². The molecule has 0 amide bonds. The molecule has 0 bridgehead atoms. The van der Waals surface area contributed by atoms with Gasteiger partial charge in [-0.3, -0.25) is 0 Å². The Bertz CT molecular complexity index is 246. The quantitative estimate of drug-likeness (QED) is 0.572. The second-order valence-corrected chi connectivity index (χ2v) is 3.87. The molecule has 1 aromatic rings. The number of anilines is 1. The van der Waals surface area contributed by atoms with Gasteiger partial charge in [-0.15, -0.1) is 17.9 Å². The van der Waals surface area contributed by atoms with E-state index in [-0.39, 0.29) is 0 Å². The van der Waals surface area contributed by atoms with Gasteiger partial charge in [0.05, 0.1) is 5.69 Å². The third-order valence-corrected chi connectivity index (χ3v) is 2.68. The SMILES string of the molecule is C=CCCNc1nc(C)c(C)s1. The first kappa shape index (κ1) is 9.26. The highest BCUT2D eigenvalue weighted by Gasteiger charge is 2.00. The molecule has 0 fully saturated rings. The van der Waals surface area contributed by atoms with Crippen molar-refractivity contribution in [2.45, 2.75) is 20.3 Å². The number of aromatic nitrogens is 1. The molecule has 1 heterocycles. The van der Waals surface area contributed by atoms with E-state index in [9.17, 15) is 0 Å². The van der Waals surface area contributed by atoms with Crippen LogP contribution in [-0.4, -0.2) is 11.5 Å². The Kier molecular flexibility index (Phi) is 3.29. The first-order valence-corrected chi connectivity index (χ1v) is 4.84. The Morgan fingerprint density at radius 3 is 2.83 bits per heavy atom. The molecule has 66 valence electrons. The second kappa shape index (κ2) is 4.26. The number of hydrogen-bond acceptors (Lipinski definition) is 3. The molecule has 0 aliphatic carbocycles. The van der Waals surface area contributed by atoms with Gasteiger partial charge in [-0.1, -0.05) is 6.08 Å². The van der Waals surface area contributed by atoms with E-state index in [1.54, 1.807) is 11.3 Å². The van der Waals surface area contributed by atoms with E-state index in [1.807, 2.05) is 13.0 Å². The number of nitrogens with one attached hydrogen (secondary N) is 1. The Morgan fingerprint density at radius 1 is 1.58 bits per heavy atom. The van der Waals surface area contributed by atoms with E-state index in [2.05, 4.69) is 23.8 Å². The van der Waals surface area contributed by atoms with Gasteiger partial charge in [0.2, 0.25) is 0 Å². The normalized spacial score (nSPS) is 9.83. The number of nitrogens with zero attached hydrogens (tertiary/aromatic N) is 1. The molecule has 0 atom stereocenters. The van der Waals surface area contributed by atoms with Crippen LogP contribution in [-0.2, 0) is 0 Å². The van der Waals surface area contributed by atoms with Crippen LogP contribution in [0.4, 0.5) is 5.13 Å². The highest BCUT2D eigenvalue weighted by molar-refractivity contribution is 7.15. The zero-order chi connectivity index (χ0) is 8.97. The predicted molar refractivity (Wildman–Crippen MR) is 54.9 cm³/mol. The standard InChI is InChI=1S/C9H14N2S/c1-4-5-6-10-9-11-7(2)8(3)12-9/h4H,1,5-6H2,2-3H3,(H,10,11). The summed E-state index contributed by atoms with van der Waals surface area (Å²) in [4.78, 5) is 5.64. The minimum Gasteiger partial charge on any atom is -0.361 e. The molecule has 3 heteroatoms. The van der Waals surface area contributed by atoms with Crippen LogP contribution in [0.3, 0.4) is 0 Å². The minimum atomic E-state index is 0.926. The number of thiazole rings is 1. The lowest BCUT2D eigenvalue weighted by molar-refractivity contribution is 1.06. The predicted octanol–water partition coefficient (Wildman–Crippen LogP) is 2.75. The summed E-state index contributed by atoms with van der Waals surface area (Å²) < 4.78 is 0. The zero-order valence-corrected chi connectivity index (χ0v) is 8.37. The summed E-state index contributed by atoms with van der Waals surface area (Å²) in [5, 5.41) is 4.26. The lowest BCUT2D eigenvalue weighted by Gasteiger charge is -1.96. The largest absolute Gasteiger partial charge is 0.361 e. The van der Waals surface area contributed by atoms with Crippen molar-refractivity contribution in [2.75, 3.05) is 11.9 Å². The molecular formula is C9H14N2S. The van der Waals surface area contributed by atoms with Crippen LogP contribution >= 0.6 is 11.3 Å². The van der Waals surface area contributed by atoms with Gasteiger partial charge in [0.1, 0.15) is 0 Å². The summed E-state index contributed by atoms with van der Waals surface area (Å²) in [7, 11) is 0. The average Bonchev–Trinajstić information content (AvgIpc) is 2.32. The fourth-order valence-corrected chi connectivity index (χ4v) is 1.67. The van der Waals surface area contributed by atoms with E-state index in [4.69, 9.17) is 0 Å². The van der Waals surface area contributed by atoms with Crippen LogP contribution in [0, 0.1) is 13.8 Å². The molecule has 0 aliphatic heterocycles. The average molecular weight is 182 g/mol.